The van der Waals surface area contributed by atoms with Crippen LogP contribution < -0.4 is 0 Å². The molecule has 0 aromatic rings. The molecule has 1 rings (SSSR count). The summed E-state index contributed by atoms with van der Waals surface area (Å²) < 4.78 is 0. The van der Waals surface area contributed by atoms with Crippen LogP contribution in [0.1, 0.15) is 33.1 Å². The third-order valence-electron chi connectivity index (χ3n) is 2.63. The zero-order valence-electron chi connectivity index (χ0n) is 6.67. The molecule has 2 N–H and O–H groups in total. The van der Waals surface area contributed by atoms with Gasteiger partial charge in [0.05, 0.1) is 11.7 Å². The van der Waals surface area contributed by atoms with Crippen molar-refractivity contribution in [1.82, 2.24) is 0 Å². The van der Waals surface area contributed by atoms with Crippen LogP contribution in [0.2, 0.25) is 0 Å². The highest BCUT2D eigenvalue weighted by Crippen LogP contribution is 2.35. The minimum Gasteiger partial charge on any atom is -0.390 e. The van der Waals surface area contributed by atoms with E-state index in [9.17, 15) is 10.2 Å². The molecule has 2 atom stereocenters. The Labute approximate surface area is 61.9 Å². The van der Waals surface area contributed by atoms with Crippen molar-refractivity contribution in [3.05, 3.63) is 0 Å². The molecule has 0 saturated heterocycles. The van der Waals surface area contributed by atoms with Gasteiger partial charge in [-0.3, -0.25) is 0 Å². The minimum atomic E-state index is -0.792. The Kier molecular flexibility index (Phi) is 2.02. The van der Waals surface area contributed by atoms with Crippen LogP contribution in [-0.2, 0) is 0 Å². The van der Waals surface area contributed by atoms with Gasteiger partial charge < -0.3 is 10.2 Å². The lowest BCUT2D eigenvalue weighted by molar-refractivity contribution is -0.0844. The van der Waals surface area contributed by atoms with Crippen molar-refractivity contribution in [2.45, 2.75) is 44.8 Å². The van der Waals surface area contributed by atoms with E-state index in [1.807, 2.05) is 13.8 Å². The fourth-order valence-corrected chi connectivity index (χ4v) is 1.67. The highest BCUT2D eigenvalue weighted by atomic mass is 16.3. The zero-order chi connectivity index (χ0) is 7.78. The Morgan fingerprint density at radius 2 is 2.10 bits per heavy atom. The number of hydrogen-bond donors (Lipinski definition) is 2. The summed E-state index contributed by atoms with van der Waals surface area (Å²) in [7, 11) is 0. The van der Waals surface area contributed by atoms with E-state index in [2.05, 4.69) is 0 Å². The van der Waals surface area contributed by atoms with E-state index in [1.165, 1.54) is 0 Å². The summed E-state index contributed by atoms with van der Waals surface area (Å²) in [6, 6.07) is 0. The average molecular weight is 144 g/mol. The molecule has 60 valence electrons. The van der Waals surface area contributed by atoms with Crippen LogP contribution in [0.5, 0.6) is 0 Å². The van der Waals surface area contributed by atoms with E-state index in [0.717, 1.165) is 19.3 Å². The molecule has 1 fully saturated rings. The predicted octanol–water partition coefficient (Wildman–Crippen LogP) is 0.918. The summed E-state index contributed by atoms with van der Waals surface area (Å²) >= 11 is 0. The first-order valence-electron chi connectivity index (χ1n) is 3.98. The van der Waals surface area contributed by atoms with Crippen molar-refractivity contribution in [1.29, 1.82) is 0 Å². The molecule has 0 aliphatic heterocycles. The lowest BCUT2D eigenvalue weighted by atomic mass is 9.87. The van der Waals surface area contributed by atoms with Gasteiger partial charge in [-0.05, 0) is 25.2 Å². The fourth-order valence-electron chi connectivity index (χ4n) is 1.67. The van der Waals surface area contributed by atoms with Gasteiger partial charge in [0.1, 0.15) is 0 Å². The van der Waals surface area contributed by atoms with Gasteiger partial charge in [0, 0.05) is 0 Å². The predicted molar refractivity (Wildman–Crippen MR) is 39.6 cm³/mol. The van der Waals surface area contributed by atoms with Crippen molar-refractivity contribution in [3.63, 3.8) is 0 Å². The number of aliphatic hydroxyl groups is 2. The summed E-state index contributed by atoms with van der Waals surface area (Å²) in [5.41, 5.74) is -0.792. The van der Waals surface area contributed by atoms with Gasteiger partial charge in [0.2, 0.25) is 0 Å². The summed E-state index contributed by atoms with van der Waals surface area (Å²) in [5.74, 6) is 0.171. The fraction of sp³-hybridized carbons (Fsp3) is 1.00. The molecule has 0 heterocycles. The van der Waals surface area contributed by atoms with Crippen LogP contribution in [0, 0.1) is 5.92 Å². The molecule has 0 amide bonds. The van der Waals surface area contributed by atoms with Crippen LogP contribution in [0.3, 0.4) is 0 Å². The number of rotatable bonds is 1. The maximum Gasteiger partial charge on any atom is 0.0928 e. The largest absolute Gasteiger partial charge is 0.390 e. The standard InChI is InChI=1S/C8H16O2/c1-6(2)8(10)5-3-4-7(8)9/h6-7,9-10H,3-5H2,1-2H3. The Balaban J connectivity index is 2.66. The number of aliphatic hydroxyl groups excluding tert-OH is 1. The van der Waals surface area contributed by atoms with E-state index >= 15 is 0 Å². The van der Waals surface area contributed by atoms with Crippen LogP contribution in [-0.4, -0.2) is 21.9 Å². The lowest BCUT2D eigenvalue weighted by Gasteiger charge is -2.30. The second-order valence-corrected chi connectivity index (χ2v) is 3.55. The highest BCUT2D eigenvalue weighted by molar-refractivity contribution is 4.94. The molecule has 1 aliphatic carbocycles. The molecule has 2 unspecified atom stereocenters. The van der Waals surface area contributed by atoms with E-state index < -0.39 is 11.7 Å². The summed E-state index contributed by atoms with van der Waals surface area (Å²) in [6.07, 6.45) is 1.98. The summed E-state index contributed by atoms with van der Waals surface area (Å²) in [5, 5.41) is 19.2. The van der Waals surface area contributed by atoms with Crippen molar-refractivity contribution >= 4 is 0 Å². The number of hydrogen-bond acceptors (Lipinski definition) is 2. The first-order valence-corrected chi connectivity index (χ1v) is 3.98. The first-order chi connectivity index (χ1) is 4.57. The van der Waals surface area contributed by atoms with Gasteiger partial charge in [-0.2, -0.15) is 0 Å². The average Bonchev–Trinajstić information content (AvgIpc) is 2.15. The molecular formula is C8H16O2. The van der Waals surface area contributed by atoms with Crippen LogP contribution in [0.15, 0.2) is 0 Å². The van der Waals surface area contributed by atoms with Gasteiger partial charge in [0.15, 0.2) is 0 Å². The van der Waals surface area contributed by atoms with Crippen molar-refractivity contribution in [2.75, 3.05) is 0 Å². The Morgan fingerprint density at radius 3 is 2.30 bits per heavy atom. The summed E-state index contributed by atoms with van der Waals surface area (Å²) in [6.45, 7) is 3.91. The summed E-state index contributed by atoms with van der Waals surface area (Å²) in [4.78, 5) is 0. The molecule has 1 saturated carbocycles. The second-order valence-electron chi connectivity index (χ2n) is 3.55. The molecule has 2 heteroatoms. The van der Waals surface area contributed by atoms with Crippen LogP contribution in [0.4, 0.5) is 0 Å². The highest BCUT2D eigenvalue weighted by Gasteiger charge is 2.42. The maximum absolute atomic E-state index is 9.79. The third-order valence-corrected chi connectivity index (χ3v) is 2.63. The smallest absolute Gasteiger partial charge is 0.0928 e. The van der Waals surface area contributed by atoms with E-state index in [1.54, 1.807) is 0 Å². The van der Waals surface area contributed by atoms with Gasteiger partial charge in [-0.25, -0.2) is 0 Å². The van der Waals surface area contributed by atoms with Gasteiger partial charge in [-0.15, -0.1) is 0 Å². The van der Waals surface area contributed by atoms with Crippen LogP contribution >= 0.6 is 0 Å². The monoisotopic (exact) mass is 144 g/mol. The molecule has 0 aromatic heterocycles. The van der Waals surface area contributed by atoms with E-state index in [0.29, 0.717) is 0 Å². The van der Waals surface area contributed by atoms with Gasteiger partial charge in [-0.1, -0.05) is 13.8 Å². The van der Waals surface area contributed by atoms with Gasteiger partial charge >= 0.3 is 0 Å². The maximum atomic E-state index is 9.79. The van der Waals surface area contributed by atoms with E-state index in [4.69, 9.17) is 0 Å². The van der Waals surface area contributed by atoms with Crippen molar-refractivity contribution < 1.29 is 10.2 Å². The molecule has 0 radical (unpaired) electrons. The topological polar surface area (TPSA) is 40.5 Å². The molecule has 10 heavy (non-hydrogen) atoms. The zero-order valence-corrected chi connectivity index (χ0v) is 6.67. The molecule has 0 bridgehead atoms. The molecule has 2 nitrogen and oxygen atoms in total. The van der Waals surface area contributed by atoms with E-state index in [-0.39, 0.29) is 5.92 Å². The SMILES string of the molecule is CC(C)C1(O)CCCC1O. The van der Waals surface area contributed by atoms with Crippen molar-refractivity contribution in [3.8, 4) is 0 Å². The molecule has 0 spiro atoms. The first kappa shape index (κ1) is 8.02. The Morgan fingerprint density at radius 1 is 1.50 bits per heavy atom. The molecular weight excluding hydrogens is 128 g/mol. The van der Waals surface area contributed by atoms with Crippen LogP contribution in [0.25, 0.3) is 0 Å². The lowest BCUT2D eigenvalue weighted by Crippen LogP contribution is -2.42. The Hall–Kier alpha value is -0.0800. The minimum absolute atomic E-state index is 0.171. The quantitative estimate of drug-likeness (QED) is 0.574. The van der Waals surface area contributed by atoms with Gasteiger partial charge in [0.25, 0.3) is 0 Å². The third kappa shape index (κ3) is 1.06. The molecule has 1 aliphatic rings. The van der Waals surface area contributed by atoms with Crippen molar-refractivity contribution in [2.24, 2.45) is 5.92 Å². The molecule has 0 aromatic carbocycles. The Bertz CT molecular complexity index is 122. The second kappa shape index (κ2) is 2.51. The normalized spacial score (nSPS) is 41.1.